The maximum absolute atomic E-state index is 11.8. The molecule has 0 unspecified atom stereocenters. The topological polar surface area (TPSA) is 38.3 Å². The summed E-state index contributed by atoms with van der Waals surface area (Å²) in [5.74, 6) is -0.326. The first-order valence-corrected chi connectivity index (χ1v) is 6.20. The van der Waals surface area contributed by atoms with Crippen LogP contribution in [0.2, 0.25) is 10.0 Å². The molecular weight excluding hydrogens is 261 g/mol. The Labute approximate surface area is 111 Å². The number of rotatable bonds is 5. The number of carbonyl (C=O) groups is 1. The third-order valence-electron chi connectivity index (χ3n) is 2.15. The fraction of sp³-hybridized carbons (Fsp3) is 0.417. The van der Waals surface area contributed by atoms with E-state index in [1.54, 1.807) is 25.1 Å². The Morgan fingerprint density at radius 2 is 1.88 bits per heavy atom. The Morgan fingerprint density at radius 3 is 2.35 bits per heavy atom. The highest BCUT2D eigenvalue weighted by Gasteiger charge is 2.21. The van der Waals surface area contributed by atoms with E-state index >= 15 is 0 Å². The molecule has 0 aliphatic heterocycles. The number of halogens is 2. The van der Waals surface area contributed by atoms with Crippen molar-refractivity contribution in [3.8, 4) is 0 Å². The van der Waals surface area contributed by atoms with Crippen LogP contribution in [0.5, 0.6) is 0 Å². The van der Waals surface area contributed by atoms with Crippen LogP contribution >= 0.6 is 23.2 Å². The Hall–Kier alpha value is -0.770. The monoisotopic (exact) mass is 275 g/mol. The summed E-state index contributed by atoms with van der Waals surface area (Å²) in [5, 5.41) is 4.05. The zero-order valence-corrected chi connectivity index (χ0v) is 11.3. The van der Waals surface area contributed by atoms with Gasteiger partial charge in [-0.25, -0.2) is 4.79 Å². The molecule has 0 aliphatic rings. The number of esters is 1. The summed E-state index contributed by atoms with van der Waals surface area (Å²) in [4.78, 5) is 11.8. The molecule has 1 aromatic rings. The van der Waals surface area contributed by atoms with Gasteiger partial charge in [-0.1, -0.05) is 30.1 Å². The summed E-state index contributed by atoms with van der Waals surface area (Å²) in [7, 11) is 0. The molecule has 0 spiro atoms. The maximum atomic E-state index is 11.8. The van der Waals surface area contributed by atoms with E-state index in [1.807, 2.05) is 6.92 Å². The molecule has 0 heterocycles. The van der Waals surface area contributed by atoms with E-state index < -0.39 is 6.04 Å². The summed E-state index contributed by atoms with van der Waals surface area (Å²) in [6.45, 7) is 4.67. The van der Waals surface area contributed by atoms with Crippen molar-refractivity contribution >= 4 is 29.2 Å². The van der Waals surface area contributed by atoms with Gasteiger partial charge in [-0.3, -0.25) is 0 Å². The minimum Gasteiger partial charge on any atom is -0.465 e. The van der Waals surface area contributed by atoms with Crippen LogP contribution in [0.25, 0.3) is 0 Å². The number of hydrogen-bond donors (Lipinski definition) is 1. The van der Waals surface area contributed by atoms with Crippen LogP contribution in [0.1, 0.15) is 25.5 Å². The van der Waals surface area contributed by atoms with Gasteiger partial charge in [-0.2, -0.15) is 0 Å². The van der Waals surface area contributed by atoms with E-state index in [9.17, 15) is 4.79 Å². The molecular formula is C12H15Cl2NO2. The van der Waals surface area contributed by atoms with Crippen LogP contribution in [0.4, 0.5) is 0 Å². The van der Waals surface area contributed by atoms with Crippen molar-refractivity contribution in [2.75, 3.05) is 13.2 Å². The summed E-state index contributed by atoms with van der Waals surface area (Å²) in [5.41, 5.74) is 0.711. The predicted molar refractivity (Wildman–Crippen MR) is 69.5 cm³/mol. The van der Waals surface area contributed by atoms with Crippen molar-refractivity contribution < 1.29 is 9.53 Å². The average Bonchev–Trinajstić information content (AvgIpc) is 2.24. The average molecular weight is 276 g/mol. The lowest BCUT2D eigenvalue weighted by molar-refractivity contribution is -0.145. The highest BCUT2D eigenvalue weighted by Crippen LogP contribution is 2.24. The van der Waals surface area contributed by atoms with Crippen LogP contribution in [0.3, 0.4) is 0 Å². The summed E-state index contributed by atoms with van der Waals surface area (Å²) >= 11 is 11.8. The first-order chi connectivity index (χ1) is 8.08. The van der Waals surface area contributed by atoms with Gasteiger partial charge in [0, 0.05) is 10.0 Å². The molecule has 1 N–H and O–H groups in total. The highest BCUT2D eigenvalue weighted by molar-refractivity contribution is 6.34. The standard InChI is InChI=1S/C12H15Cl2NO2/c1-3-15-11(12(16)17-4-2)8-5-9(13)7-10(14)6-8/h5-7,11,15H,3-4H2,1-2H3/t11-/m0/s1. The van der Waals surface area contributed by atoms with E-state index in [2.05, 4.69) is 5.32 Å². The number of ether oxygens (including phenoxy) is 1. The maximum Gasteiger partial charge on any atom is 0.327 e. The minimum absolute atomic E-state index is 0.326. The number of nitrogens with one attached hydrogen (secondary N) is 1. The van der Waals surface area contributed by atoms with Crippen LogP contribution < -0.4 is 5.32 Å². The molecule has 1 atom stereocenters. The van der Waals surface area contributed by atoms with Crippen LogP contribution in [0, 0.1) is 0 Å². The molecule has 0 radical (unpaired) electrons. The third-order valence-corrected chi connectivity index (χ3v) is 2.59. The minimum atomic E-state index is -0.531. The van der Waals surface area contributed by atoms with Crippen molar-refractivity contribution in [2.24, 2.45) is 0 Å². The van der Waals surface area contributed by atoms with E-state index in [0.717, 1.165) is 0 Å². The fourth-order valence-corrected chi connectivity index (χ4v) is 2.05. The molecule has 0 bridgehead atoms. The molecule has 0 saturated heterocycles. The van der Waals surface area contributed by atoms with Gasteiger partial charge in [0.1, 0.15) is 6.04 Å². The van der Waals surface area contributed by atoms with Gasteiger partial charge in [-0.15, -0.1) is 0 Å². The quantitative estimate of drug-likeness (QED) is 0.839. The van der Waals surface area contributed by atoms with Gasteiger partial charge in [-0.05, 0) is 37.2 Å². The fourth-order valence-electron chi connectivity index (χ4n) is 1.51. The molecule has 0 aliphatic carbocycles. The molecule has 1 aromatic carbocycles. The lowest BCUT2D eigenvalue weighted by Gasteiger charge is -2.17. The van der Waals surface area contributed by atoms with Gasteiger partial charge < -0.3 is 10.1 Å². The second-order valence-electron chi connectivity index (χ2n) is 3.45. The first kappa shape index (κ1) is 14.3. The largest absolute Gasteiger partial charge is 0.465 e. The van der Waals surface area contributed by atoms with E-state index in [-0.39, 0.29) is 5.97 Å². The van der Waals surface area contributed by atoms with Gasteiger partial charge in [0.05, 0.1) is 6.61 Å². The molecule has 0 aromatic heterocycles. The Bertz CT molecular complexity index is 376. The van der Waals surface area contributed by atoms with Crippen molar-refractivity contribution in [3.05, 3.63) is 33.8 Å². The van der Waals surface area contributed by atoms with Gasteiger partial charge in [0.15, 0.2) is 0 Å². The smallest absolute Gasteiger partial charge is 0.327 e. The summed E-state index contributed by atoms with van der Waals surface area (Å²) < 4.78 is 5.00. The normalized spacial score (nSPS) is 12.2. The Kier molecular flexibility index (Phi) is 5.75. The number of hydrogen-bond acceptors (Lipinski definition) is 3. The van der Waals surface area contributed by atoms with Crippen molar-refractivity contribution in [1.29, 1.82) is 0 Å². The second-order valence-corrected chi connectivity index (χ2v) is 4.32. The van der Waals surface area contributed by atoms with Gasteiger partial charge in [0.2, 0.25) is 0 Å². The van der Waals surface area contributed by atoms with E-state index in [1.165, 1.54) is 0 Å². The molecule has 17 heavy (non-hydrogen) atoms. The van der Waals surface area contributed by atoms with Crippen molar-refractivity contribution in [1.82, 2.24) is 5.32 Å². The molecule has 1 rings (SSSR count). The lowest BCUT2D eigenvalue weighted by atomic mass is 10.1. The predicted octanol–water partition coefficient (Wildman–Crippen LogP) is 3.21. The van der Waals surface area contributed by atoms with Crippen molar-refractivity contribution in [3.63, 3.8) is 0 Å². The molecule has 0 saturated carbocycles. The molecule has 5 heteroatoms. The number of likely N-dealkylation sites (N-methyl/N-ethyl adjacent to an activating group) is 1. The molecule has 3 nitrogen and oxygen atoms in total. The van der Waals surface area contributed by atoms with E-state index in [0.29, 0.717) is 28.8 Å². The van der Waals surface area contributed by atoms with Crippen molar-refractivity contribution in [2.45, 2.75) is 19.9 Å². The third kappa shape index (κ3) is 4.19. The SMILES string of the molecule is CCN[C@H](C(=O)OCC)c1cc(Cl)cc(Cl)c1. The molecule has 0 fully saturated rings. The van der Waals surface area contributed by atoms with Crippen LogP contribution in [-0.2, 0) is 9.53 Å². The van der Waals surface area contributed by atoms with E-state index in [4.69, 9.17) is 27.9 Å². The lowest BCUT2D eigenvalue weighted by Crippen LogP contribution is -2.30. The number of carbonyl (C=O) groups excluding carboxylic acids is 1. The first-order valence-electron chi connectivity index (χ1n) is 5.44. The zero-order chi connectivity index (χ0) is 12.8. The van der Waals surface area contributed by atoms with Gasteiger partial charge >= 0.3 is 5.97 Å². The number of benzene rings is 1. The second kappa shape index (κ2) is 6.84. The molecule has 94 valence electrons. The van der Waals surface area contributed by atoms with Gasteiger partial charge in [0.25, 0.3) is 0 Å². The van der Waals surface area contributed by atoms with Crippen LogP contribution in [-0.4, -0.2) is 19.1 Å². The summed E-state index contributed by atoms with van der Waals surface area (Å²) in [6.07, 6.45) is 0. The highest BCUT2D eigenvalue weighted by atomic mass is 35.5. The summed E-state index contributed by atoms with van der Waals surface area (Å²) in [6, 6.07) is 4.51. The van der Waals surface area contributed by atoms with Crippen LogP contribution in [0.15, 0.2) is 18.2 Å². The zero-order valence-electron chi connectivity index (χ0n) is 9.80. The Morgan fingerprint density at radius 1 is 1.29 bits per heavy atom. The molecule has 0 amide bonds. The Balaban J connectivity index is 3.00.